The van der Waals surface area contributed by atoms with Gasteiger partial charge < -0.3 is 16.0 Å². The van der Waals surface area contributed by atoms with E-state index < -0.39 is 0 Å². The van der Waals surface area contributed by atoms with E-state index in [1.807, 2.05) is 6.92 Å². The average Bonchev–Trinajstić information content (AvgIpc) is 2.90. The van der Waals surface area contributed by atoms with Crippen LogP contribution >= 0.6 is 11.3 Å². The minimum absolute atomic E-state index is 0.0249. The first-order valence-electron chi connectivity index (χ1n) is 6.33. The van der Waals surface area contributed by atoms with Gasteiger partial charge >= 0.3 is 0 Å². The van der Waals surface area contributed by atoms with Crippen LogP contribution < -0.4 is 16.0 Å². The lowest BCUT2D eigenvalue weighted by Crippen LogP contribution is -2.34. The molecule has 1 aromatic rings. The predicted octanol–water partition coefficient (Wildman–Crippen LogP) is 1.85. The van der Waals surface area contributed by atoms with E-state index in [0.717, 1.165) is 31.1 Å². The van der Waals surface area contributed by atoms with Crippen LogP contribution in [0.15, 0.2) is 0 Å². The van der Waals surface area contributed by atoms with Gasteiger partial charge in [-0.05, 0) is 33.6 Å². The molecule has 5 nitrogen and oxygen atoms in total. The van der Waals surface area contributed by atoms with E-state index in [0.29, 0.717) is 10.7 Å². The van der Waals surface area contributed by atoms with Gasteiger partial charge in [-0.25, -0.2) is 4.98 Å². The van der Waals surface area contributed by atoms with Crippen molar-refractivity contribution in [3.8, 4) is 0 Å². The van der Waals surface area contributed by atoms with Crippen LogP contribution in [0, 0.1) is 0 Å². The standard InChI is InChI=1S/C12H20N4OS/c1-4-16(5-2)11-14-9(13)8(18-11)10(17)15-12(3)6-7-12/h4-7,13H2,1-3H3,(H,15,17). The number of carbonyl (C=O) groups is 1. The van der Waals surface area contributed by atoms with Gasteiger partial charge in [-0.2, -0.15) is 0 Å². The highest BCUT2D eigenvalue weighted by Gasteiger charge is 2.39. The molecule has 1 aliphatic carbocycles. The Kier molecular flexibility index (Phi) is 3.47. The summed E-state index contributed by atoms with van der Waals surface area (Å²) in [6, 6.07) is 0. The second kappa shape index (κ2) is 4.76. The summed E-state index contributed by atoms with van der Waals surface area (Å²) in [6.45, 7) is 7.90. The highest BCUT2D eigenvalue weighted by Crippen LogP contribution is 2.36. The maximum atomic E-state index is 12.1. The zero-order valence-electron chi connectivity index (χ0n) is 11.1. The fourth-order valence-electron chi connectivity index (χ4n) is 1.76. The Hall–Kier alpha value is -1.30. The fourth-order valence-corrected chi connectivity index (χ4v) is 2.76. The van der Waals surface area contributed by atoms with Crippen molar-refractivity contribution in [3.05, 3.63) is 4.88 Å². The largest absolute Gasteiger partial charge is 0.382 e. The van der Waals surface area contributed by atoms with Crippen LogP contribution in [0.4, 0.5) is 10.9 Å². The lowest BCUT2D eigenvalue weighted by molar-refractivity contribution is 0.0940. The molecule has 1 amide bonds. The Bertz CT molecular complexity index is 449. The first-order chi connectivity index (χ1) is 8.49. The molecule has 1 saturated carbocycles. The van der Waals surface area contributed by atoms with E-state index in [4.69, 9.17) is 5.73 Å². The highest BCUT2D eigenvalue weighted by atomic mass is 32.1. The van der Waals surface area contributed by atoms with Gasteiger partial charge in [0.25, 0.3) is 5.91 Å². The molecule has 1 heterocycles. The number of nitrogens with one attached hydrogen (secondary N) is 1. The van der Waals surface area contributed by atoms with Crippen molar-refractivity contribution in [2.24, 2.45) is 0 Å². The minimum Gasteiger partial charge on any atom is -0.382 e. The summed E-state index contributed by atoms with van der Waals surface area (Å²) in [4.78, 5) is 19.0. The number of anilines is 2. The van der Waals surface area contributed by atoms with Crippen molar-refractivity contribution in [2.75, 3.05) is 23.7 Å². The van der Waals surface area contributed by atoms with Gasteiger partial charge in [0.15, 0.2) is 5.13 Å². The molecule has 0 unspecified atom stereocenters. The zero-order chi connectivity index (χ0) is 13.3. The smallest absolute Gasteiger partial charge is 0.265 e. The Morgan fingerprint density at radius 2 is 2.11 bits per heavy atom. The Balaban J connectivity index is 2.15. The quantitative estimate of drug-likeness (QED) is 0.855. The molecule has 0 bridgehead atoms. The van der Waals surface area contributed by atoms with Crippen molar-refractivity contribution >= 4 is 28.2 Å². The van der Waals surface area contributed by atoms with E-state index in [9.17, 15) is 4.79 Å². The molecule has 100 valence electrons. The maximum absolute atomic E-state index is 12.1. The fraction of sp³-hybridized carbons (Fsp3) is 0.667. The third-order valence-electron chi connectivity index (χ3n) is 3.30. The predicted molar refractivity (Wildman–Crippen MR) is 75.2 cm³/mol. The van der Waals surface area contributed by atoms with Crippen LogP contribution in [0.2, 0.25) is 0 Å². The number of nitrogen functional groups attached to an aromatic ring is 1. The van der Waals surface area contributed by atoms with Gasteiger partial charge in [0.1, 0.15) is 10.7 Å². The number of hydrogen-bond acceptors (Lipinski definition) is 5. The minimum atomic E-state index is -0.0941. The second-order valence-electron chi connectivity index (χ2n) is 4.90. The Labute approximate surface area is 111 Å². The number of thiazole rings is 1. The molecule has 0 aliphatic heterocycles. The van der Waals surface area contributed by atoms with Crippen LogP contribution in [0.5, 0.6) is 0 Å². The SMILES string of the molecule is CCN(CC)c1nc(N)c(C(=O)NC2(C)CC2)s1. The normalized spacial score (nSPS) is 16.4. The van der Waals surface area contributed by atoms with E-state index in [2.05, 4.69) is 29.0 Å². The van der Waals surface area contributed by atoms with Crippen LogP contribution in [-0.4, -0.2) is 29.5 Å². The number of amides is 1. The van der Waals surface area contributed by atoms with Crippen molar-refractivity contribution in [1.29, 1.82) is 0 Å². The lowest BCUT2D eigenvalue weighted by atomic mass is 10.3. The molecule has 0 aromatic carbocycles. The number of carbonyl (C=O) groups excluding carboxylic acids is 1. The number of aromatic nitrogens is 1. The van der Waals surface area contributed by atoms with Gasteiger partial charge in [0.05, 0.1) is 0 Å². The Morgan fingerprint density at radius 1 is 1.50 bits per heavy atom. The molecule has 0 radical (unpaired) electrons. The van der Waals surface area contributed by atoms with Crippen LogP contribution in [0.1, 0.15) is 43.3 Å². The number of rotatable bonds is 5. The van der Waals surface area contributed by atoms with Gasteiger partial charge in [-0.15, -0.1) is 0 Å². The molecule has 0 atom stereocenters. The summed E-state index contributed by atoms with van der Waals surface area (Å²) in [5.74, 6) is 0.243. The first kappa shape index (κ1) is 13.1. The van der Waals surface area contributed by atoms with E-state index >= 15 is 0 Å². The van der Waals surface area contributed by atoms with Crippen molar-refractivity contribution in [2.45, 2.75) is 39.2 Å². The van der Waals surface area contributed by atoms with Gasteiger partial charge in [-0.3, -0.25) is 4.79 Å². The summed E-state index contributed by atoms with van der Waals surface area (Å²) in [5, 5.41) is 3.83. The molecule has 2 rings (SSSR count). The molecule has 18 heavy (non-hydrogen) atoms. The summed E-state index contributed by atoms with van der Waals surface area (Å²) >= 11 is 1.37. The molecule has 1 aromatic heterocycles. The molecular weight excluding hydrogens is 248 g/mol. The highest BCUT2D eigenvalue weighted by molar-refractivity contribution is 7.18. The number of nitrogens with two attached hydrogens (primary N) is 1. The molecule has 0 spiro atoms. The zero-order valence-corrected chi connectivity index (χ0v) is 11.9. The molecular formula is C12H20N4OS. The van der Waals surface area contributed by atoms with Crippen LogP contribution in [0.3, 0.4) is 0 Å². The lowest BCUT2D eigenvalue weighted by Gasteiger charge is -2.16. The van der Waals surface area contributed by atoms with Crippen molar-refractivity contribution in [3.63, 3.8) is 0 Å². The Morgan fingerprint density at radius 3 is 2.61 bits per heavy atom. The van der Waals surface area contributed by atoms with Crippen LogP contribution in [-0.2, 0) is 0 Å². The number of nitrogens with zero attached hydrogens (tertiary/aromatic N) is 2. The van der Waals surface area contributed by atoms with Gasteiger partial charge in [0, 0.05) is 18.6 Å². The molecule has 6 heteroatoms. The summed E-state index contributed by atoms with van der Waals surface area (Å²) in [5.41, 5.74) is 5.82. The number of hydrogen-bond donors (Lipinski definition) is 2. The third-order valence-corrected chi connectivity index (χ3v) is 4.43. The van der Waals surface area contributed by atoms with E-state index in [1.54, 1.807) is 0 Å². The molecule has 3 N–H and O–H groups in total. The summed E-state index contributed by atoms with van der Waals surface area (Å²) in [6.07, 6.45) is 2.08. The van der Waals surface area contributed by atoms with Crippen molar-refractivity contribution in [1.82, 2.24) is 10.3 Å². The summed E-state index contributed by atoms with van der Waals surface area (Å²) < 4.78 is 0. The molecule has 1 aliphatic rings. The third kappa shape index (κ3) is 2.58. The van der Waals surface area contributed by atoms with E-state index in [1.165, 1.54) is 11.3 Å². The monoisotopic (exact) mass is 268 g/mol. The summed E-state index contributed by atoms with van der Waals surface area (Å²) in [7, 11) is 0. The topological polar surface area (TPSA) is 71.2 Å². The molecule has 1 fully saturated rings. The van der Waals surface area contributed by atoms with Crippen LogP contribution in [0.25, 0.3) is 0 Å². The van der Waals surface area contributed by atoms with Crippen molar-refractivity contribution < 1.29 is 4.79 Å². The average molecular weight is 268 g/mol. The van der Waals surface area contributed by atoms with Gasteiger partial charge in [0.2, 0.25) is 0 Å². The second-order valence-corrected chi connectivity index (χ2v) is 5.88. The van der Waals surface area contributed by atoms with Gasteiger partial charge in [-0.1, -0.05) is 11.3 Å². The first-order valence-corrected chi connectivity index (χ1v) is 7.14. The molecule has 0 saturated heterocycles. The maximum Gasteiger partial charge on any atom is 0.265 e. The van der Waals surface area contributed by atoms with E-state index in [-0.39, 0.29) is 11.4 Å².